The zero-order chi connectivity index (χ0) is 27.3. The highest BCUT2D eigenvalue weighted by molar-refractivity contribution is 5.95. The van der Waals surface area contributed by atoms with Crippen molar-refractivity contribution in [2.24, 2.45) is 5.92 Å². The van der Waals surface area contributed by atoms with Crippen molar-refractivity contribution in [2.75, 3.05) is 19.0 Å². The lowest BCUT2D eigenvalue weighted by atomic mass is 9.76. The number of halogens is 4. The smallest absolute Gasteiger partial charge is 0.417 e. The SMILES string of the molecule is COc1c([C@H]2[C@H](C(=O)Nc3ccc([C@@H]4COC(C)(C)O4)nc3)O[C@@](C)(C(F)(F)F)[C@H]2C)ccc(F)c1C. The molecule has 1 aromatic carbocycles. The van der Waals surface area contributed by atoms with E-state index in [0.29, 0.717) is 12.3 Å². The molecule has 2 aliphatic rings. The molecule has 7 nitrogen and oxygen atoms in total. The minimum Gasteiger partial charge on any atom is -0.496 e. The second-order valence-electron chi connectivity index (χ2n) is 10.0. The van der Waals surface area contributed by atoms with E-state index in [-0.39, 0.29) is 28.7 Å². The quantitative estimate of drug-likeness (QED) is 0.523. The Kier molecular flexibility index (Phi) is 7.02. The third-order valence-corrected chi connectivity index (χ3v) is 7.25. The zero-order valence-electron chi connectivity index (χ0n) is 21.4. The summed E-state index contributed by atoms with van der Waals surface area (Å²) < 4.78 is 78.8. The second-order valence-corrected chi connectivity index (χ2v) is 10.0. The second kappa shape index (κ2) is 9.52. The number of nitrogens with zero attached hydrogens (tertiary/aromatic N) is 1. The molecule has 2 aliphatic heterocycles. The van der Waals surface area contributed by atoms with E-state index in [9.17, 15) is 22.4 Å². The van der Waals surface area contributed by atoms with Gasteiger partial charge in [0.15, 0.2) is 11.4 Å². The summed E-state index contributed by atoms with van der Waals surface area (Å²) in [7, 11) is 1.30. The van der Waals surface area contributed by atoms with Crippen LogP contribution in [0.15, 0.2) is 30.5 Å². The molecule has 1 aromatic heterocycles. The van der Waals surface area contributed by atoms with Gasteiger partial charge in [-0.25, -0.2) is 4.39 Å². The molecular weight excluding hydrogens is 496 g/mol. The van der Waals surface area contributed by atoms with Gasteiger partial charge < -0.3 is 24.3 Å². The third kappa shape index (κ3) is 4.92. The van der Waals surface area contributed by atoms with Crippen molar-refractivity contribution in [1.82, 2.24) is 4.98 Å². The van der Waals surface area contributed by atoms with Crippen LogP contribution in [-0.4, -0.2) is 48.3 Å². The average molecular weight is 527 g/mol. The number of methoxy groups -OCH3 is 1. The van der Waals surface area contributed by atoms with Crippen LogP contribution in [0, 0.1) is 18.7 Å². The van der Waals surface area contributed by atoms with Gasteiger partial charge in [0.2, 0.25) is 0 Å². The Morgan fingerprint density at radius 3 is 2.41 bits per heavy atom. The number of pyridine rings is 1. The number of carbonyl (C=O) groups excluding carboxylic acids is 1. The van der Waals surface area contributed by atoms with Gasteiger partial charge in [-0.05, 0) is 45.9 Å². The van der Waals surface area contributed by atoms with Gasteiger partial charge in [-0.3, -0.25) is 9.78 Å². The van der Waals surface area contributed by atoms with Crippen molar-refractivity contribution in [3.8, 4) is 5.75 Å². The molecule has 11 heteroatoms. The number of hydrogen-bond acceptors (Lipinski definition) is 6. The molecule has 0 saturated carbocycles. The predicted molar refractivity (Wildman–Crippen MR) is 126 cm³/mol. The van der Waals surface area contributed by atoms with Gasteiger partial charge in [-0.15, -0.1) is 0 Å². The Hall–Kier alpha value is -2.76. The molecular formula is C26H30F4N2O5. The fourth-order valence-corrected chi connectivity index (χ4v) is 4.96. The van der Waals surface area contributed by atoms with Crippen LogP contribution in [-0.2, 0) is 19.0 Å². The fourth-order valence-electron chi connectivity index (χ4n) is 4.96. The van der Waals surface area contributed by atoms with Gasteiger partial charge in [-0.1, -0.05) is 13.0 Å². The molecule has 0 radical (unpaired) electrons. The van der Waals surface area contributed by atoms with Gasteiger partial charge in [0.05, 0.1) is 31.3 Å². The largest absolute Gasteiger partial charge is 0.496 e. The van der Waals surface area contributed by atoms with E-state index < -0.39 is 47.2 Å². The Labute approximate surface area is 212 Å². The summed E-state index contributed by atoms with van der Waals surface area (Å²) in [6, 6.07) is 5.72. The van der Waals surface area contributed by atoms with E-state index in [1.165, 1.54) is 33.2 Å². The normalized spacial score (nSPS) is 29.4. The van der Waals surface area contributed by atoms with Crippen LogP contribution < -0.4 is 10.1 Å². The number of hydrogen-bond donors (Lipinski definition) is 1. The maximum Gasteiger partial charge on any atom is 0.417 e. The third-order valence-electron chi connectivity index (χ3n) is 7.25. The van der Waals surface area contributed by atoms with Crippen LogP contribution in [0.4, 0.5) is 23.2 Å². The molecule has 0 unspecified atom stereocenters. The molecule has 0 bridgehead atoms. The highest BCUT2D eigenvalue weighted by atomic mass is 19.4. The minimum absolute atomic E-state index is 0.0809. The molecule has 2 aromatic rings. The lowest BCUT2D eigenvalue weighted by molar-refractivity contribution is -0.272. The van der Waals surface area contributed by atoms with Crippen LogP contribution in [0.2, 0.25) is 0 Å². The first-order valence-electron chi connectivity index (χ1n) is 11.8. The van der Waals surface area contributed by atoms with Crippen LogP contribution in [0.5, 0.6) is 5.75 Å². The lowest BCUT2D eigenvalue weighted by Crippen LogP contribution is -2.47. The number of anilines is 1. The lowest BCUT2D eigenvalue weighted by Gasteiger charge is -2.32. The maximum atomic E-state index is 14.2. The number of amides is 1. The van der Waals surface area contributed by atoms with Crippen molar-refractivity contribution in [2.45, 2.75) is 70.3 Å². The summed E-state index contributed by atoms with van der Waals surface area (Å²) in [5, 5.41) is 2.61. The summed E-state index contributed by atoms with van der Waals surface area (Å²) in [6.45, 7) is 7.63. The van der Waals surface area contributed by atoms with E-state index >= 15 is 0 Å². The number of nitrogens with one attached hydrogen (secondary N) is 1. The highest BCUT2D eigenvalue weighted by Crippen LogP contribution is 2.55. The predicted octanol–water partition coefficient (Wildman–Crippen LogP) is 5.44. The monoisotopic (exact) mass is 526 g/mol. The Morgan fingerprint density at radius 2 is 1.86 bits per heavy atom. The highest BCUT2D eigenvalue weighted by Gasteiger charge is 2.65. The average Bonchev–Trinajstić information content (AvgIpc) is 3.33. The van der Waals surface area contributed by atoms with Gasteiger partial charge in [0.25, 0.3) is 5.91 Å². The van der Waals surface area contributed by atoms with E-state index in [1.54, 1.807) is 26.0 Å². The molecule has 1 N–H and O–H groups in total. The minimum atomic E-state index is -4.76. The molecule has 1 amide bonds. The first kappa shape index (κ1) is 27.3. The van der Waals surface area contributed by atoms with Crippen LogP contribution >= 0.6 is 0 Å². The Bertz CT molecular complexity index is 1170. The van der Waals surface area contributed by atoms with Crippen molar-refractivity contribution < 1.29 is 41.3 Å². The summed E-state index contributed by atoms with van der Waals surface area (Å²) in [5.74, 6) is -4.28. The molecule has 0 aliphatic carbocycles. The summed E-state index contributed by atoms with van der Waals surface area (Å²) in [6.07, 6.45) is -5.29. The first-order valence-corrected chi connectivity index (χ1v) is 11.8. The number of aromatic nitrogens is 1. The molecule has 0 spiro atoms. The van der Waals surface area contributed by atoms with E-state index in [4.69, 9.17) is 18.9 Å². The van der Waals surface area contributed by atoms with Crippen LogP contribution in [0.1, 0.15) is 56.5 Å². The zero-order valence-corrected chi connectivity index (χ0v) is 21.4. The van der Waals surface area contributed by atoms with Gasteiger partial charge >= 0.3 is 6.18 Å². The summed E-state index contributed by atoms with van der Waals surface area (Å²) in [4.78, 5) is 17.7. The maximum absolute atomic E-state index is 14.2. The van der Waals surface area contributed by atoms with Gasteiger partial charge in [0.1, 0.15) is 23.8 Å². The van der Waals surface area contributed by atoms with Gasteiger partial charge in [-0.2, -0.15) is 13.2 Å². The molecule has 37 heavy (non-hydrogen) atoms. The van der Waals surface area contributed by atoms with Crippen molar-refractivity contribution in [1.29, 1.82) is 0 Å². The number of ether oxygens (including phenoxy) is 4. The van der Waals surface area contributed by atoms with Gasteiger partial charge in [0, 0.05) is 23.0 Å². The molecule has 202 valence electrons. The molecule has 3 heterocycles. The summed E-state index contributed by atoms with van der Waals surface area (Å²) in [5.41, 5.74) is -1.38. The van der Waals surface area contributed by atoms with E-state index in [1.807, 2.05) is 0 Å². The summed E-state index contributed by atoms with van der Waals surface area (Å²) >= 11 is 0. The number of carbonyl (C=O) groups is 1. The van der Waals surface area contributed by atoms with Crippen LogP contribution in [0.25, 0.3) is 0 Å². The fraction of sp³-hybridized carbons (Fsp3) is 0.538. The molecule has 2 fully saturated rings. The standard InChI is InChI=1S/C26H30F4N2O5/c1-13-17(27)9-8-16(21(13)34-6)20-14(2)25(5,26(28,29)30)37-22(20)23(33)32-15-7-10-18(31-11-15)19-12-35-24(3,4)36-19/h7-11,14,19-20,22H,12H2,1-6H3,(H,32,33)/t14-,19-,20-,22+,25+/m0/s1. The van der Waals surface area contributed by atoms with Crippen molar-refractivity contribution in [3.63, 3.8) is 0 Å². The van der Waals surface area contributed by atoms with Crippen LogP contribution in [0.3, 0.4) is 0 Å². The number of benzene rings is 1. The number of alkyl halides is 3. The topological polar surface area (TPSA) is 78.9 Å². The molecule has 4 rings (SSSR count). The molecule has 5 atom stereocenters. The number of rotatable bonds is 5. The Morgan fingerprint density at radius 1 is 1.16 bits per heavy atom. The molecule has 2 saturated heterocycles. The Balaban J connectivity index is 1.64. The first-order chi connectivity index (χ1) is 17.2. The van der Waals surface area contributed by atoms with E-state index in [2.05, 4.69) is 10.3 Å². The van der Waals surface area contributed by atoms with E-state index in [0.717, 1.165) is 13.0 Å². The van der Waals surface area contributed by atoms with Crippen molar-refractivity contribution in [3.05, 3.63) is 53.1 Å². The van der Waals surface area contributed by atoms with Crippen molar-refractivity contribution >= 4 is 11.6 Å².